The number of Topliss-reactive ketones (excluding diaryl/α,β-unsaturated/α-hetero) is 1. The van der Waals surface area contributed by atoms with Crippen LogP contribution in [-0.2, 0) is 13.0 Å². The van der Waals surface area contributed by atoms with Crippen molar-refractivity contribution in [1.82, 2.24) is 0 Å². The Hall–Kier alpha value is -1.61. The molecule has 0 aliphatic carbocycles. The molecule has 0 unspecified atom stereocenters. The van der Waals surface area contributed by atoms with Gasteiger partial charge < -0.3 is 4.90 Å². The maximum absolute atomic E-state index is 11.9. The van der Waals surface area contributed by atoms with Crippen LogP contribution >= 0.6 is 15.9 Å². The second-order valence-corrected chi connectivity index (χ2v) is 6.07. The van der Waals surface area contributed by atoms with Crippen molar-refractivity contribution in [2.24, 2.45) is 0 Å². The minimum atomic E-state index is 0.111. The van der Waals surface area contributed by atoms with Crippen LogP contribution in [-0.4, -0.2) is 12.3 Å². The fourth-order valence-corrected chi connectivity index (χ4v) is 3.13. The molecule has 20 heavy (non-hydrogen) atoms. The van der Waals surface area contributed by atoms with Crippen LogP contribution < -0.4 is 4.90 Å². The van der Waals surface area contributed by atoms with Gasteiger partial charge in [0.25, 0.3) is 0 Å². The topological polar surface area (TPSA) is 20.3 Å². The molecule has 1 aliphatic heterocycles. The van der Waals surface area contributed by atoms with E-state index in [1.807, 2.05) is 18.2 Å². The molecule has 0 aromatic heterocycles. The van der Waals surface area contributed by atoms with Crippen molar-refractivity contribution in [3.63, 3.8) is 0 Å². The first-order valence-corrected chi connectivity index (χ1v) is 7.56. The standard InChI is InChI=1S/C17H16BrNO/c1-12(20)16-10-15(18)6-7-17(16)19-9-8-13-4-2-3-5-14(13)11-19/h2-7,10H,8-9,11H2,1H3. The lowest BCUT2D eigenvalue weighted by molar-refractivity contribution is 0.101. The van der Waals surface area contributed by atoms with Gasteiger partial charge in [0.1, 0.15) is 0 Å². The fourth-order valence-electron chi connectivity index (χ4n) is 2.77. The minimum absolute atomic E-state index is 0.111. The average molecular weight is 330 g/mol. The predicted molar refractivity (Wildman–Crippen MR) is 85.3 cm³/mol. The zero-order valence-electron chi connectivity index (χ0n) is 11.4. The summed E-state index contributed by atoms with van der Waals surface area (Å²) in [5.41, 5.74) is 4.61. The van der Waals surface area contributed by atoms with Crippen molar-refractivity contribution in [3.05, 3.63) is 63.6 Å². The number of benzene rings is 2. The summed E-state index contributed by atoms with van der Waals surface area (Å²) < 4.78 is 0.948. The summed E-state index contributed by atoms with van der Waals surface area (Å²) in [5.74, 6) is 0.111. The third kappa shape index (κ3) is 2.50. The number of hydrogen-bond acceptors (Lipinski definition) is 2. The Morgan fingerprint density at radius 2 is 1.90 bits per heavy atom. The normalized spacial score (nSPS) is 14.0. The van der Waals surface area contributed by atoms with Crippen LogP contribution in [0.3, 0.4) is 0 Å². The van der Waals surface area contributed by atoms with E-state index in [0.717, 1.165) is 35.2 Å². The molecule has 0 radical (unpaired) electrons. The Bertz CT molecular complexity index is 666. The van der Waals surface area contributed by atoms with E-state index in [0.29, 0.717) is 0 Å². The van der Waals surface area contributed by atoms with Crippen molar-refractivity contribution in [3.8, 4) is 0 Å². The zero-order valence-corrected chi connectivity index (χ0v) is 13.0. The molecule has 2 aromatic rings. The number of hydrogen-bond donors (Lipinski definition) is 0. The number of carbonyl (C=O) groups is 1. The van der Waals surface area contributed by atoms with E-state index in [2.05, 4.69) is 45.1 Å². The number of halogens is 1. The molecule has 0 saturated heterocycles. The highest BCUT2D eigenvalue weighted by molar-refractivity contribution is 9.10. The monoisotopic (exact) mass is 329 g/mol. The van der Waals surface area contributed by atoms with Crippen molar-refractivity contribution in [2.75, 3.05) is 11.4 Å². The van der Waals surface area contributed by atoms with E-state index >= 15 is 0 Å². The molecule has 3 rings (SSSR count). The Labute approximate surface area is 127 Å². The summed E-state index contributed by atoms with van der Waals surface area (Å²) in [6.45, 7) is 3.46. The lowest BCUT2D eigenvalue weighted by Gasteiger charge is -2.32. The molecule has 3 heteroatoms. The van der Waals surface area contributed by atoms with Crippen LogP contribution in [0.15, 0.2) is 46.9 Å². The second-order valence-electron chi connectivity index (χ2n) is 5.16. The van der Waals surface area contributed by atoms with Gasteiger partial charge in [0.2, 0.25) is 0 Å². The molecule has 0 fully saturated rings. The summed E-state index contributed by atoms with van der Waals surface area (Å²) in [6, 6.07) is 14.5. The van der Waals surface area contributed by atoms with Gasteiger partial charge in [0.15, 0.2) is 5.78 Å². The highest BCUT2D eigenvalue weighted by atomic mass is 79.9. The summed E-state index contributed by atoms with van der Waals surface area (Å²) >= 11 is 3.44. The predicted octanol–water partition coefficient (Wildman–Crippen LogP) is 4.21. The minimum Gasteiger partial charge on any atom is -0.366 e. The Balaban J connectivity index is 1.97. The van der Waals surface area contributed by atoms with Crippen LogP contribution in [0.4, 0.5) is 5.69 Å². The smallest absolute Gasteiger partial charge is 0.161 e. The summed E-state index contributed by atoms with van der Waals surface area (Å²) in [6.07, 6.45) is 1.03. The van der Waals surface area contributed by atoms with Crippen molar-refractivity contribution in [1.29, 1.82) is 0 Å². The Kier molecular flexibility index (Phi) is 3.62. The Morgan fingerprint density at radius 3 is 2.65 bits per heavy atom. The molecule has 0 amide bonds. The SMILES string of the molecule is CC(=O)c1cc(Br)ccc1N1CCc2ccccc2C1. The van der Waals surface area contributed by atoms with Crippen LogP contribution in [0.5, 0.6) is 0 Å². The number of rotatable bonds is 2. The van der Waals surface area contributed by atoms with Gasteiger partial charge in [-0.25, -0.2) is 0 Å². The van der Waals surface area contributed by atoms with Gasteiger partial charge in [-0.1, -0.05) is 40.2 Å². The van der Waals surface area contributed by atoms with Gasteiger partial charge in [-0.2, -0.15) is 0 Å². The van der Waals surface area contributed by atoms with Gasteiger partial charge in [-0.05, 0) is 42.7 Å². The van der Waals surface area contributed by atoms with Gasteiger partial charge in [-0.15, -0.1) is 0 Å². The van der Waals surface area contributed by atoms with Gasteiger partial charge in [-0.3, -0.25) is 4.79 Å². The summed E-state index contributed by atoms with van der Waals surface area (Å²) in [5, 5.41) is 0. The van der Waals surface area contributed by atoms with Crippen LogP contribution in [0.25, 0.3) is 0 Å². The van der Waals surface area contributed by atoms with Gasteiger partial charge in [0.05, 0.1) is 0 Å². The van der Waals surface area contributed by atoms with Crippen molar-refractivity contribution >= 4 is 27.4 Å². The number of anilines is 1. The number of nitrogens with zero attached hydrogens (tertiary/aromatic N) is 1. The first-order chi connectivity index (χ1) is 9.65. The molecule has 1 aliphatic rings. The maximum Gasteiger partial charge on any atom is 0.161 e. The van der Waals surface area contributed by atoms with Crippen molar-refractivity contribution in [2.45, 2.75) is 19.9 Å². The largest absolute Gasteiger partial charge is 0.366 e. The average Bonchev–Trinajstić information content (AvgIpc) is 2.46. The van der Waals surface area contributed by atoms with E-state index in [9.17, 15) is 4.79 Å². The molecule has 102 valence electrons. The number of carbonyl (C=O) groups excluding carboxylic acids is 1. The molecule has 0 N–H and O–H groups in total. The fraction of sp³-hybridized carbons (Fsp3) is 0.235. The van der Waals surface area contributed by atoms with E-state index < -0.39 is 0 Å². The number of fused-ring (bicyclic) bond motifs is 1. The molecule has 0 atom stereocenters. The lowest BCUT2D eigenvalue weighted by Crippen LogP contribution is -2.31. The van der Waals surface area contributed by atoms with Gasteiger partial charge >= 0.3 is 0 Å². The molecule has 0 spiro atoms. The van der Waals surface area contributed by atoms with E-state index in [1.54, 1.807) is 6.92 Å². The van der Waals surface area contributed by atoms with Crippen molar-refractivity contribution < 1.29 is 4.79 Å². The van der Waals surface area contributed by atoms with E-state index in [4.69, 9.17) is 0 Å². The maximum atomic E-state index is 11.9. The summed E-state index contributed by atoms with van der Waals surface area (Å²) in [4.78, 5) is 14.2. The highest BCUT2D eigenvalue weighted by Gasteiger charge is 2.19. The highest BCUT2D eigenvalue weighted by Crippen LogP contribution is 2.29. The van der Waals surface area contributed by atoms with Crippen LogP contribution in [0.1, 0.15) is 28.4 Å². The van der Waals surface area contributed by atoms with Crippen LogP contribution in [0, 0.1) is 0 Å². The lowest BCUT2D eigenvalue weighted by atomic mass is 9.98. The molecule has 2 nitrogen and oxygen atoms in total. The number of ketones is 1. The zero-order chi connectivity index (χ0) is 14.1. The van der Waals surface area contributed by atoms with E-state index in [-0.39, 0.29) is 5.78 Å². The first kappa shape index (κ1) is 13.4. The molecular weight excluding hydrogens is 314 g/mol. The quantitative estimate of drug-likeness (QED) is 0.769. The van der Waals surface area contributed by atoms with E-state index in [1.165, 1.54) is 11.1 Å². The first-order valence-electron chi connectivity index (χ1n) is 6.77. The molecule has 2 aromatic carbocycles. The van der Waals surface area contributed by atoms with Crippen LogP contribution in [0.2, 0.25) is 0 Å². The summed E-state index contributed by atoms with van der Waals surface area (Å²) in [7, 11) is 0. The molecule has 1 heterocycles. The third-order valence-corrected chi connectivity index (χ3v) is 4.30. The third-order valence-electron chi connectivity index (χ3n) is 3.81. The molecule has 0 bridgehead atoms. The Morgan fingerprint density at radius 1 is 1.15 bits per heavy atom. The molecule has 0 saturated carbocycles. The second kappa shape index (κ2) is 5.41. The van der Waals surface area contributed by atoms with Gasteiger partial charge in [0, 0.05) is 28.8 Å². The molecular formula is C17H16BrNO.